The van der Waals surface area contributed by atoms with Crippen LogP contribution in [0.3, 0.4) is 0 Å². The number of hydrogen-bond acceptors (Lipinski definition) is 1. The minimum absolute atomic E-state index is 0.275. The van der Waals surface area contributed by atoms with E-state index in [1.165, 1.54) is 6.42 Å². The van der Waals surface area contributed by atoms with Crippen LogP contribution in [0.1, 0.15) is 40.5 Å². The van der Waals surface area contributed by atoms with Gasteiger partial charge in [-0.05, 0) is 18.3 Å². The molecule has 0 saturated carbocycles. The monoisotopic (exact) mass is 156 g/mol. The van der Waals surface area contributed by atoms with Crippen LogP contribution in [0.4, 0.5) is 0 Å². The minimum Gasteiger partial charge on any atom is -0.303 e. The molecule has 0 aliphatic carbocycles. The van der Waals surface area contributed by atoms with Gasteiger partial charge in [0, 0.05) is 5.92 Å². The Bertz CT molecular complexity index is 105. The first-order valence-electron chi connectivity index (χ1n) is 4.53. The molecule has 1 atom stereocenters. The molecule has 0 spiro atoms. The van der Waals surface area contributed by atoms with Crippen molar-refractivity contribution in [2.24, 2.45) is 17.8 Å². The molecule has 0 saturated heterocycles. The zero-order valence-corrected chi connectivity index (χ0v) is 8.13. The van der Waals surface area contributed by atoms with Crippen molar-refractivity contribution in [2.75, 3.05) is 0 Å². The van der Waals surface area contributed by atoms with Gasteiger partial charge >= 0.3 is 0 Å². The Morgan fingerprint density at radius 1 is 1.09 bits per heavy atom. The van der Waals surface area contributed by atoms with E-state index in [1.807, 2.05) is 0 Å². The molecule has 0 unspecified atom stereocenters. The molecule has 0 fully saturated rings. The molecule has 0 aromatic rings. The summed E-state index contributed by atoms with van der Waals surface area (Å²) in [5.41, 5.74) is 0. The predicted molar refractivity (Wildman–Crippen MR) is 48.5 cm³/mol. The van der Waals surface area contributed by atoms with E-state index in [2.05, 4.69) is 27.7 Å². The van der Waals surface area contributed by atoms with Crippen LogP contribution >= 0.6 is 0 Å². The Hall–Kier alpha value is -0.330. The summed E-state index contributed by atoms with van der Waals surface area (Å²) in [6.07, 6.45) is 3.33. The highest BCUT2D eigenvalue weighted by atomic mass is 16.1. The Kier molecular flexibility index (Phi) is 5.18. The summed E-state index contributed by atoms with van der Waals surface area (Å²) in [5, 5.41) is 0. The average Bonchev–Trinajstić information content (AvgIpc) is 1.87. The van der Waals surface area contributed by atoms with E-state index in [1.54, 1.807) is 0 Å². The summed E-state index contributed by atoms with van der Waals surface area (Å²) >= 11 is 0. The molecule has 11 heavy (non-hydrogen) atoms. The maximum absolute atomic E-state index is 10.6. The van der Waals surface area contributed by atoms with Crippen molar-refractivity contribution in [3.05, 3.63) is 0 Å². The third-order valence-electron chi connectivity index (χ3n) is 2.11. The fourth-order valence-corrected chi connectivity index (χ4v) is 1.08. The van der Waals surface area contributed by atoms with Gasteiger partial charge in [0.05, 0.1) is 0 Å². The largest absolute Gasteiger partial charge is 0.303 e. The molecule has 0 aromatic carbocycles. The van der Waals surface area contributed by atoms with E-state index in [0.717, 1.165) is 18.6 Å². The van der Waals surface area contributed by atoms with Crippen molar-refractivity contribution in [1.29, 1.82) is 0 Å². The van der Waals surface area contributed by atoms with Gasteiger partial charge in [0.2, 0.25) is 0 Å². The molecular formula is C10H20O. The molecule has 0 aliphatic rings. The average molecular weight is 156 g/mol. The van der Waals surface area contributed by atoms with E-state index in [9.17, 15) is 4.79 Å². The van der Waals surface area contributed by atoms with Gasteiger partial charge in [-0.2, -0.15) is 0 Å². The maximum atomic E-state index is 10.6. The molecule has 0 N–H and O–H groups in total. The lowest BCUT2D eigenvalue weighted by molar-refractivity contribution is -0.112. The van der Waals surface area contributed by atoms with Crippen LogP contribution in [0, 0.1) is 17.8 Å². The number of rotatable bonds is 5. The SMILES string of the molecule is CC(C)CC[C@H](C=O)C(C)C. The normalized spacial score (nSPS) is 14.0. The molecule has 1 heteroatoms. The summed E-state index contributed by atoms with van der Waals surface area (Å²) in [7, 11) is 0. The van der Waals surface area contributed by atoms with E-state index < -0.39 is 0 Å². The molecule has 0 aromatic heterocycles. The van der Waals surface area contributed by atoms with Gasteiger partial charge < -0.3 is 4.79 Å². The second-order valence-electron chi connectivity index (χ2n) is 4.02. The molecular weight excluding hydrogens is 136 g/mol. The second-order valence-corrected chi connectivity index (χ2v) is 4.02. The molecule has 0 aliphatic heterocycles. The van der Waals surface area contributed by atoms with Gasteiger partial charge in [-0.25, -0.2) is 0 Å². The Labute approximate surface area is 70.2 Å². The predicted octanol–water partition coefficient (Wildman–Crippen LogP) is 2.89. The van der Waals surface area contributed by atoms with Crippen molar-refractivity contribution in [2.45, 2.75) is 40.5 Å². The first kappa shape index (κ1) is 10.7. The second kappa shape index (κ2) is 5.34. The third-order valence-corrected chi connectivity index (χ3v) is 2.11. The fraction of sp³-hybridized carbons (Fsp3) is 0.900. The number of hydrogen-bond donors (Lipinski definition) is 0. The molecule has 0 rings (SSSR count). The van der Waals surface area contributed by atoms with Crippen LogP contribution in [-0.4, -0.2) is 6.29 Å². The quantitative estimate of drug-likeness (QED) is 0.559. The Morgan fingerprint density at radius 3 is 1.91 bits per heavy atom. The van der Waals surface area contributed by atoms with E-state index >= 15 is 0 Å². The Balaban J connectivity index is 3.61. The molecule has 0 heterocycles. The van der Waals surface area contributed by atoms with E-state index in [-0.39, 0.29) is 5.92 Å². The standard InChI is InChI=1S/C10H20O/c1-8(2)5-6-10(7-11)9(3)4/h7-10H,5-6H2,1-4H3/t10-/m1/s1. The van der Waals surface area contributed by atoms with Crippen molar-refractivity contribution in [3.8, 4) is 0 Å². The van der Waals surface area contributed by atoms with Gasteiger partial charge in [-0.1, -0.05) is 34.1 Å². The van der Waals surface area contributed by atoms with Gasteiger partial charge in [-0.3, -0.25) is 0 Å². The van der Waals surface area contributed by atoms with Crippen LogP contribution in [0.15, 0.2) is 0 Å². The van der Waals surface area contributed by atoms with Crippen LogP contribution in [-0.2, 0) is 4.79 Å². The number of aldehydes is 1. The molecule has 0 bridgehead atoms. The lowest BCUT2D eigenvalue weighted by atomic mass is 9.90. The van der Waals surface area contributed by atoms with Gasteiger partial charge in [-0.15, -0.1) is 0 Å². The first-order chi connectivity index (χ1) is 5.07. The third kappa shape index (κ3) is 5.00. The zero-order valence-electron chi connectivity index (χ0n) is 8.13. The Morgan fingerprint density at radius 2 is 1.64 bits per heavy atom. The smallest absolute Gasteiger partial charge is 0.123 e. The number of carbonyl (C=O) groups excluding carboxylic acids is 1. The highest BCUT2D eigenvalue weighted by molar-refractivity contribution is 5.53. The van der Waals surface area contributed by atoms with Crippen molar-refractivity contribution < 1.29 is 4.79 Å². The zero-order chi connectivity index (χ0) is 8.85. The summed E-state index contributed by atoms with van der Waals surface area (Å²) < 4.78 is 0. The molecule has 0 radical (unpaired) electrons. The lowest BCUT2D eigenvalue weighted by Gasteiger charge is -2.14. The van der Waals surface area contributed by atoms with Crippen LogP contribution in [0.5, 0.6) is 0 Å². The van der Waals surface area contributed by atoms with Gasteiger partial charge in [0.1, 0.15) is 6.29 Å². The fourth-order valence-electron chi connectivity index (χ4n) is 1.08. The molecule has 1 nitrogen and oxygen atoms in total. The van der Waals surface area contributed by atoms with E-state index in [0.29, 0.717) is 5.92 Å². The maximum Gasteiger partial charge on any atom is 0.123 e. The minimum atomic E-state index is 0.275. The van der Waals surface area contributed by atoms with E-state index in [4.69, 9.17) is 0 Å². The van der Waals surface area contributed by atoms with Crippen molar-refractivity contribution in [1.82, 2.24) is 0 Å². The van der Waals surface area contributed by atoms with Gasteiger partial charge in [0.15, 0.2) is 0 Å². The molecule has 0 amide bonds. The van der Waals surface area contributed by atoms with Crippen molar-refractivity contribution in [3.63, 3.8) is 0 Å². The van der Waals surface area contributed by atoms with Crippen LogP contribution in [0.25, 0.3) is 0 Å². The highest BCUT2D eigenvalue weighted by Gasteiger charge is 2.11. The summed E-state index contributed by atoms with van der Waals surface area (Å²) in [6.45, 7) is 8.61. The summed E-state index contributed by atoms with van der Waals surface area (Å²) in [6, 6.07) is 0. The van der Waals surface area contributed by atoms with Gasteiger partial charge in [0.25, 0.3) is 0 Å². The first-order valence-corrected chi connectivity index (χ1v) is 4.53. The number of carbonyl (C=O) groups is 1. The molecule has 66 valence electrons. The highest BCUT2D eigenvalue weighted by Crippen LogP contribution is 2.17. The van der Waals surface area contributed by atoms with Crippen LogP contribution < -0.4 is 0 Å². The van der Waals surface area contributed by atoms with Crippen LogP contribution in [0.2, 0.25) is 0 Å². The van der Waals surface area contributed by atoms with Crippen molar-refractivity contribution >= 4 is 6.29 Å². The topological polar surface area (TPSA) is 17.1 Å². The lowest BCUT2D eigenvalue weighted by Crippen LogP contribution is -2.10. The summed E-state index contributed by atoms with van der Waals surface area (Å²) in [4.78, 5) is 10.6. The summed E-state index contributed by atoms with van der Waals surface area (Å²) in [5.74, 6) is 1.50.